The third-order valence-electron chi connectivity index (χ3n) is 4.63. The highest BCUT2D eigenvalue weighted by Crippen LogP contribution is 2.35. The summed E-state index contributed by atoms with van der Waals surface area (Å²) in [4.78, 5) is 12.5. The Morgan fingerprint density at radius 2 is 1.71 bits per heavy atom. The first-order chi connectivity index (χ1) is 16.3. The van der Waals surface area contributed by atoms with Crippen molar-refractivity contribution in [3.63, 3.8) is 0 Å². The van der Waals surface area contributed by atoms with Gasteiger partial charge in [0, 0.05) is 27.2 Å². The van der Waals surface area contributed by atoms with Crippen molar-refractivity contribution < 1.29 is 23.7 Å². The Labute approximate surface area is 221 Å². The van der Waals surface area contributed by atoms with Crippen LogP contribution in [0.5, 0.6) is 23.0 Å². The summed E-state index contributed by atoms with van der Waals surface area (Å²) >= 11 is 14.3. The molecule has 0 bridgehead atoms. The fraction of sp³-hybridized carbons (Fsp3) is 0.167. The van der Waals surface area contributed by atoms with Crippen LogP contribution >= 0.6 is 45.8 Å². The molecule has 7 nitrogen and oxygen atoms in total. The van der Waals surface area contributed by atoms with E-state index in [9.17, 15) is 4.79 Å². The monoisotopic (exact) mass is 614 g/mol. The minimum Gasteiger partial charge on any atom is -0.497 e. The summed E-state index contributed by atoms with van der Waals surface area (Å²) in [6.07, 6.45) is 1.51. The molecule has 0 atom stereocenters. The number of ether oxygens (including phenoxy) is 4. The van der Waals surface area contributed by atoms with E-state index in [-0.39, 0.29) is 6.61 Å². The minimum atomic E-state index is -0.407. The molecule has 34 heavy (non-hydrogen) atoms. The minimum absolute atomic E-state index is 0.246. The number of methoxy groups -OCH3 is 3. The van der Waals surface area contributed by atoms with Crippen molar-refractivity contribution in [1.82, 2.24) is 5.43 Å². The van der Waals surface area contributed by atoms with Gasteiger partial charge in [-0.15, -0.1) is 0 Å². The number of carbonyl (C=O) groups excluding carboxylic acids is 1. The van der Waals surface area contributed by atoms with Crippen molar-refractivity contribution >= 4 is 57.9 Å². The van der Waals surface area contributed by atoms with Gasteiger partial charge in [0.25, 0.3) is 5.91 Å². The Morgan fingerprint density at radius 3 is 2.32 bits per heavy atom. The number of amides is 1. The predicted molar refractivity (Wildman–Crippen MR) is 141 cm³/mol. The van der Waals surface area contributed by atoms with Crippen LogP contribution in [0.4, 0.5) is 0 Å². The summed E-state index contributed by atoms with van der Waals surface area (Å²) in [5, 5.41) is 5.13. The summed E-state index contributed by atoms with van der Waals surface area (Å²) in [6.45, 7) is 0.246. The van der Waals surface area contributed by atoms with Gasteiger partial charge < -0.3 is 18.9 Å². The lowest BCUT2D eigenvalue weighted by molar-refractivity contribution is 0.0954. The zero-order valence-electron chi connectivity index (χ0n) is 18.5. The maximum Gasteiger partial charge on any atom is 0.271 e. The highest BCUT2D eigenvalue weighted by molar-refractivity contribution is 14.1. The number of nitrogens with zero attached hydrogens (tertiary/aromatic N) is 1. The summed E-state index contributed by atoms with van der Waals surface area (Å²) in [5.41, 5.74) is 4.36. The van der Waals surface area contributed by atoms with Crippen LogP contribution in [0.2, 0.25) is 10.0 Å². The fourth-order valence-corrected chi connectivity index (χ4v) is 4.16. The van der Waals surface area contributed by atoms with E-state index < -0.39 is 5.91 Å². The lowest BCUT2D eigenvalue weighted by Crippen LogP contribution is -2.17. The molecule has 0 fully saturated rings. The Morgan fingerprint density at radius 1 is 1.00 bits per heavy atom. The molecule has 1 N–H and O–H groups in total. The summed E-state index contributed by atoms with van der Waals surface area (Å²) in [6, 6.07) is 13.7. The first-order valence-corrected chi connectivity index (χ1v) is 11.7. The molecule has 0 heterocycles. The average Bonchev–Trinajstić information content (AvgIpc) is 2.83. The van der Waals surface area contributed by atoms with E-state index in [2.05, 4.69) is 33.1 Å². The molecule has 3 aromatic carbocycles. The number of rotatable bonds is 9. The summed E-state index contributed by atoms with van der Waals surface area (Å²) in [7, 11) is 4.58. The van der Waals surface area contributed by atoms with Gasteiger partial charge in [0.2, 0.25) is 0 Å². The molecule has 3 aromatic rings. The Balaban J connectivity index is 1.72. The number of carbonyl (C=O) groups is 1. The zero-order chi connectivity index (χ0) is 24.7. The molecule has 0 saturated heterocycles. The van der Waals surface area contributed by atoms with Gasteiger partial charge in [-0.1, -0.05) is 29.3 Å². The van der Waals surface area contributed by atoms with Crippen LogP contribution in [0.15, 0.2) is 53.6 Å². The van der Waals surface area contributed by atoms with E-state index in [1.54, 1.807) is 43.5 Å². The maximum absolute atomic E-state index is 12.5. The van der Waals surface area contributed by atoms with Gasteiger partial charge in [0.15, 0.2) is 11.5 Å². The van der Waals surface area contributed by atoms with Crippen LogP contribution in [0.3, 0.4) is 0 Å². The third-order valence-corrected chi connectivity index (χ3v) is 6.02. The molecular weight excluding hydrogens is 594 g/mol. The molecule has 0 unspecified atom stereocenters. The van der Waals surface area contributed by atoms with Gasteiger partial charge in [-0.2, -0.15) is 5.10 Å². The van der Waals surface area contributed by atoms with E-state index in [0.717, 1.165) is 9.13 Å². The van der Waals surface area contributed by atoms with Crippen molar-refractivity contribution in [2.24, 2.45) is 5.10 Å². The second kappa shape index (κ2) is 12.1. The molecule has 0 aromatic heterocycles. The summed E-state index contributed by atoms with van der Waals surface area (Å²) in [5.74, 6) is 1.68. The lowest BCUT2D eigenvalue weighted by atomic mass is 10.2. The third kappa shape index (κ3) is 6.68. The Kier molecular flexibility index (Phi) is 9.26. The first-order valence-electron chi connectivity index (χ1n) is 9.85. The molecule has 1 amide bonds. The molecular formula is C24H21Cl2IN2O5. The van der Waals surface area contributed by atoms with Crippen LogP contribution in [0, 0.1) is 3.57 Å². The Bertz CT molecular complexity index is 1200. The molecule has 0 spiro atoms. The van der Waals surface area contributed by atoms with E-state index >= 15 is 0 Å². The topological polar surface area (TPSA) is 78.4 Å². The molecule has 3 rings (SSSR count). The molecule has 0 radical (unpaired) electrons. The van der Waals surface area contributed by atoms with Crippen molar-refractivity contribution in [3.8, 4) is 23.0 Å². The van der Waals surface area contributed by atoms with Crippen LogP contribution in [-0.2, 0) is 6.61 Å². The SMILES string of the molecule is COc1cc(OC)cc(C(=O)N/N=C\c2cc(I)c(OCc3ccc(Cl)cc3Cl)c(OC)c2)c1. The maximum atomic E-state index is 12.5. The standard InChI is InChI=1S/C24H21Cl2IN2O5/c1-31-18-8-16(9-19(11-18)32-2)24(30)29-28-12-14-6-21(27)23(22(7-14)33-3)34-13-15-4-5-17(25)10-20(15)26/h4-12H,13H2,1-3H3,(H,29,30)/b28-12-. The number of hydrogen-bond donors (Lipinski definition) is 1. The number of nitrogens with one attached hydrogen (secondary N) is 1. The zero-order valence-corrected chi connectivity index (χ0v) is 22.2. The van der Waals surface area contributed by atoms with Gasteiger partial charge in [0.05, 0.1) is 31.1 Å². The largest absolute Gasteiger partial charge is 0.497 e. The van der Waals surface area contributed by atoms with Crippen LogP contribution < -0.4 is 24.4 Å². The van der Waals surface area contributed by atoms with Crippen LogP contribution in [0.25, 0.3) is 0 Å². The normalized spacial score (nSPS) is 10.8. The van der Waals surface area contributed by atoms with E-state index in [0.29, 0.717) is 44.2 Å². The molecule has 178 valence electrons. The van der Waals surface area contributed by atoms with Crippen molar-refractivity contribution in [2.75, 3.05) is 21.3 Å². The van der Waals surface area contributed by atoms with Crippen LogP contribution in [-0.4, -0.2) is 33.5 Å². The number of benzene rings is 3. The average molecular weight is 615 g/mol. The highest BCUT2D eigenvalue weighted by atomic mass is 127. The first kappa shape index (κ1) is 25.9. The summed E-state index contributed by atoms with van der Waals surface area (Å²) < 4.78 is 22.6. The molecule has 0 aliphatic heterocycles. The van der Waals surface area contributed by atoms with Crippen molar-refractivity contribution in [1.29, 1.82) is 0 Å². The van der Waals surface area contributed by atoms with Gasteiger partial charge in [-0.25, -0.2) is 5.43 Å². The lowest BCUT2D eigenvalue weighted by Gasteiger charge is -2.14. The second-order valence-electron chi connectivity index (χ2n) is 6.86. The predicted octanol–water partition coefficient (Wildman–Crippen LogP) is 5.97. The molecule has 10 heteroatoms. The van der Waals surface area contributed by atoms with Gasteiger partial charge >= 0.3 is 0 Å². The molecule has 0 aliphatic carbocycles. The molecule has 0 aliphatic rings. The Hall–Kier alpha value is -2.69. The van der Waals surface area contributed by atoms with E-state index in [1.807, 2.05) is 12.1 Å². The number of hydrogen-bond acceptors (Lipinski definition) is 6. The van der Waals surface area contributed by atoms with Gasteiger partial charge in [-0.3, -0.25) is 4.79 Å². The smallest absolute Gasteiger partial charge is 0.271 e. The van der Waals surface area contributed by atoms with Gasteiger partial charge in [-0.05, 0) is 64.6 Å². The van der Waals surface area contributed by atoms with Gasteiger partial charge in [0.1, 0.15) is 18.1 Å². The number of hydrazone groups is 1. The quantitative estimate of drug-likeness (QED) is 0.183. The second-order valence-corrected chi connectivity index (χ2v) is 8.86. The highest BCUT2D eigenvalue weighted by Gasteiger charge is 2.13. The fourth-order valence-electron chi connectivity index (χ4n) is 2.91. The van der Waals surface area contributed by atoms with Crippen molar-refractivity contribution in [3.05, 3.63) is 78.8 Å². The van der Waals surface area contributed by atoms with Crippen molar-refractivity contribution in [2.45, 2.75) is 6.61 Å². The van der Waals surface area contributed by atoms with E-state index in [4.69, 9.17) is 42.1 Å². The van der Waals surface area contributed by atoms with Crippen LogP contribution in [0.1, 0.15) is 21.5 Å². The molecule has 0 saturated carbocycles. The van der Waals surface area contributed by atoms with E-state index in [1.165, 1.54) is 20.4 Å². The number of halogens is 3.